The number of nitrogens with one attached hydrogen (secondary N) is 1. The molecule has 0 saturated carbocycles. The molecule has 0 aliphatic heterocycles. The summed E-state index contributed by atoms with van der Waals surface area (Å²) in [5, 5.41) is 0. The van der Waals surface area contributed by atoms with Crippen LogP contribution in [0.1, 0.15) is 25.6 Å². The minimum absolute atomic E-state index is 0.109. The van der Waals surface area contributed by atoms with E-state index in [-0.39, 0.29) is 12.1 Å². The van der Waals surface area contributed by atoms with Crippen molar-refractivity contribution >= 4 is 0 Å². The van der Waals surface area contributed by atoms with Crippen molar-refractivity contribution in [2.45, 2.75) is 26.0 Å². The Balaban J connectivity index is 2.90. The SMILES string of the molecule is COc1cnc(C(COC(C)C)NN)c(OC)n1. The molecule has 0 radical (unpaired) electrons. The summed E-state index contributed by atoms with van der Waals surface area (Å²) in [6.07, 6.45) is 1.62. The van der Waals surface area contributed by atoms with Crippen LogP contribution in [0.2, 0.25) is 0 Å². The second-order valence-corrected chi connectivity index (χ2v) is 3.91. The quantitative estimate of drug-likeness (QED) is 0.539. The van der Waals surface area contributed by atoms with Gasteiger partial charge in [0.15, 0.2) is 0 Å². The van der Waals surface area contributed by atoms with Crippen LogP contribution in [0.5, 0.6) is 11.8 Å². The van der Waals surface area contributed by atoms with E-state index in [1.54, 1.807) is 0 Å². The van der Waals surface area contributed by atoms with E-state index in [2.05, 4.69) is 15.4 Å². The number of ether oxygens (including phenoxy) is 3. The van der Waals surface area contributed by atoms with Crippen molar-refractivity contribution in [1.82, 2.24) is 15.4 Å². The number of aromatic nitrogens is 2. The van der Waals surface area contributed by atoms with Crippen LogP contribution in [0.3, 0.4) is 0 Å². The van der Waals surface area contributed by atoms with Crippen molar-refractivity contribution in [3.8, 4) is 11.8 Å². The highest BCUT2D eigenvalue weighted by molar-refractivity contribution is 5.25. The zero-order valence-electron chi connectivity index (χ0n) is 11.1. The molecule has 1 rings (SSSR count). The molecule has 7 nitrogen and oxygen atoms in total. The fourth-order valence-corrected chi connectivity index (χ4v) is 1.35. The van der Waals surface area contributed by atoms with Crippen LogP contribution in [0, 0.1) is 0 Å². The molecule has 1 heterocycles. The maximum absolute atomic E-state index is 5.51. The molecular formula is C11H20N4O3. The van der Waals surface area contributed by atoms with Crippen molar-refractivity contribution in [2.24, 2.45) is 5.84 Å². The molecule has 1 unspecified atom stereocenters. The third-order valence-corrected chi connectivity index (χ3v) is 2.27. The lowest BCUT2D eigenvalue weighted by Crippen LogP contribution is -2.33. The molecule has 0 fully saturated rings. The standard InChI is InChI=1S/C11H20N4O3/c1-7(2)18-6-8(15-12)10-11(17-4)14-9(16-3)5-13-10/h5,7-8,15H,6,12H2,1-4H3. The van der Waals surface area contributed by atoms with Gasteiger partial charge < -0.3 is 14.2 Å². The Morgan fingerprint density at radius 2 is 2.06 bits per heavy atom. The highest BCUT2D eigenvalue weighted by Crippen LogP contribution is 2.23. The van der Waals surface area contributed by atoms with Crippen LogP contribution in [-0.2, 0) is 4.74 Å². The number of methoxy groups -OCH3 is 2. The lowest BCUT2D eigenvalue weighted by molar-refractivity contribution is 0.0596. The molecule has 0 aliphatic rings. The Hall–Kier alpha value is -1.44. The summed E-state index contributed by atoms with van der Waals surface area (Å²) in [5.74, 6) is 6.25. The van der Waals surface area contributed by atoms with E-state index in [1.165, 1.54) is 20.4 Å². The number of hydrazine groups is 1. The minimum Gasteiger partial charge on any atom is -0.480 e. The molecule has 0 amide bonds. The largest absolute Gasteiger partial charge is 0.480 e. The van der Waals surface area contributed by atoms with E-state index >= 15 is 0 Å². The van der Waals surface area contributed by atoms with Gasteiger partial charge in [-0.3, -0.25) is 5.84 Å². The van der Waals surface area contributed by atoms with Gasteiger partial charge in [0.05, 0.1) is 39.2 Å². The highest BCUT2D eigenvalue weighted by Gasteiger charge is 2.19. The van der Waals surface area contributed by atoms with Crippen molar-refractivity contribution in [1.29, 1.82) is 0 Å². The first-order valence-corrected chi connectivity index (χ1v) is 5.65. The van der Waals surface area contributed by atoms with Crippen molar-refractivity contribution < 1.29 is 14.2 Å². The van der Waals surface area contributed by atoms with Gasteiger partial charge in [-0.15, -0.1) is 0 Å². The van der Waals surface area contributed by atoms with E-state index < -0.39 is 0 Å². The predicted octanol–water partition coefficient (Wildman–Crippen LogP) is 0.423. The lowest BCUT2D eigenvalue weighted by Gasteiger charge is -2.18. The third kappa shape index (κ3) is 3.80. The third-order valence-electron chi connectivity index (χ3n) is 2.27. The molecule has 0 saturated heterocycles. The summed E-state index contributed by atoms with van der Waals surface area (Å²) < 4.78 is 15.7. The van der Waals surface area contributed by atoms with Gasteiger partial charge in [0.25, 0.3) is 0 Å². The zero-order chi connectivity index (χ0) is 13.5. The summed E-state index contributed by atoms with van der Waals surface area (Å²) >= 11 is 0. The smallest absolute Gasteiger partial charge is 0.240 e. The van der Waals surface area contributed by atoms with Gasteiger partial charge in [-0.2, -0.15) is 4.98 Å². The summed E-state index contributed by atoms with van der Waals surface area (Å²) in [5.41, 5.74) is 3.22. The highest BCUT2D eigenvalue weighted by atomic mass is 16.5. The monoisotopic (exact) mass is 256 g/mol. The van der Waals surface area contributed by atoms with Gasteiger partial charge in [0.2, 0.25) is 11.8 Å². The summed E-state index contributed by atoms with van der Waals surface area (Å²) in [4.78, 5) is 8.38. The molecule has 1 aromatic rings. The van der Waals surface area contributed by atoms with Crippen molar-refractivity contribution in [2.75, 3.05) is 20.8 Å². The molecule has 0 aliphatic carbocycles. The summed E-state index contributed by atoms with van der Waals surface area (Å²) in [7, 11) is 3.04. The van der Waals surface area contributed by atoms with Gasteiger partial charge in [-0.1, -0.05) is 0 Å². The molecule has 3 N–H and O–H groups in total. The molecule has 18 heavy (non-hydrogen) atoms. The molecule has 0 bridgehead atoms. The van der Waals surface area contributed by atoms with Crippen LogP contribution < -0.4 is 20.7 Å². The number of rotatable bonds is 7. The van der Waals surface area contributed by atoms with Crippen LogP contribution in [-0.4, -0.2) is 36.9 Å². The van der Waals surface area contributed by atoms with E-state index in [9.17, 15) is 0 Å². The van der Waals surface area contributed by atoms with Crippen molar-refractivity contribution in [3.63, 3.8) is 0 Å². The topological polar surface area (TPSA) is 91.5 Å². The second-order valence-electron chi connectivity index (χ2n) is 3.91. The van der Waals surface area contributed by atoms with E-state index in [4.69, 9.17) is 20.1 Å². The van der Waals surface area contributed by atoms with Crippen molar-refractivity contribution in [3.05, 3.63) is 11.9 Å². The minimum atomic E-state index is -0.291. The van der Waals surface area contributed by atoms with Crippen LogP contribution >= 0.6 is 0 Å². The van der Waals surface area contributed by atoms with Gasteiger partial charge in [0.1, 0.15) is 5.69 Å². The molecule has 102 valence electrons. The van der Waals surface area contributed by atoms with Crippen LogP contribution in [0.15, 0.2) is 6.20 Å². The fourth-order valence-electron chi connectivity index (χ4n) is 1.35. The fraction of sp³-hybridized carbons (Fsp3) is 0.636. The maximum atomic E-state index is 5.51. The molecule has 1 aromatic heterocycles. The molecule has 7 heteroatoms. The first kappa shape index (κ1) is 14.6. The summed E-state index contributed by atoms with van der Waals surface area (Å²) in [6.45, 7) is 4.28. The average molecular weight is 256 g/mol. The molecular weight excluding hydrogens is 236 g/mol. The number of nitrogens with zero attached hydrogens (tertiary/aromatic N) is 2. The van der Waals surface area contributed by atoms with Gasteiger partial charge in [-0.05, 0) is 13.8 Å². The van der Waals surface area contributed by atoms with Crippen LogP contribution in [0.4, 0.5) is 0 Å². The van der Waals surface area contributed by atoms with Gasteiger partial charge in [-0.25, -0.2) is 10.4 Å². The zero-order valence-corrected chi connectivity index (χ0v) is 11.1. The predicted molar refractivity (Wildman–Crippen MR) is 66.3 cm³/mol. The number of nitrogens with two attached hydrogens (primary N) is 1. The van der Waals surface area contributed by atoms with E-state index in [0.717, 1.165) is 0 Å². The Bertz CT molecular complexity index is 373. The Kier molecular flexibility index (Phi) is 5.76. The van der Waals surface area contributed by atoms with Gasteiger partial charge in [0, 0.05) is 0 Å². The Morgan fingerprint density at radius 1 is 1.33 bits per heavy atom. The molecule has 1 atom stereocenters. The Labute approximate surface area is 107 Å². The summed E-state index contributed by atoms with van der Waals surface area (Å²) in [6, 6.07) is -0.291. The maximum Gasteiger partial charge on any atom is 0.240 e. The van der Waals surface area contributed by atoms with E-state index in [0.29, 0.717) is 24.1 Å². The first-order chi connectivity index (χ1) is 8.62. The first-order valence-electron chi connectivity index (χ1n) is 5.65. The van der Waals surface area contributed by atoms with Crippen LogP contribution in [0.25, 0.3) is 0 Å². The molecule has 0 aromatic carbocycles. The van der Waals surface area contributed by atoms with E-state index in [1.807, 2.05) is 13.8 Å². The average Bonchev–Trinajstić information content (AvgIpc) is 2.39. The normalized spacial score (nSPS) is 12.6. The number of hydrogen-bond donors (Lipinski definition) is 2. The number of hydrogen-bond acceptors (Lipinski definition) is 7. The Morgan fingerprint density at radius 3 is 2.56 bits per heavy atom. The van der Waals surface area contributed by atoms with Gasteiger partial charge >= 0.3 is 0 Å². The second kappa shape index (κ2) is 7.10. The lowest BCUT2D eigenvalue weighted by atomic mass is 10.2. The molecule has 0 spiro atoms.